The lowest BCUT2D eigenvalue weighted by atomic mass is 9.47. The second-order valence-electron chi connectivity index (χ2n) is 10.2. The fourth-order valence-corrected chi connectivity index (χ4v) is 7.80. The summed E-state index contributed by atoms with van der Waals surface area (Å²) in [6.07, 6.45) is 11.8. The average molecular weight is 361 g/mol. The van der Waals surface area contributed by atoms with E-state index in [4.69, 9.17) is 4.74 Å². The van der Waals surface area contributed by atoms with Crippen molar-refractivity contribution in [2.24, 2.45) is 34.5 Å². The number of hydrogen-bond donors (Lipinski definition) is 1. The van der Waals surface area contributed by atoms with Crippen molar-refractivity contribution < 1.29 is 14.6 Å². The zero-order valence-corrected chi connectivity index (χ0v) is 17.0. The van der Waals surface area contributed by atoms with E-state index in [1.807, 2.05) is 6.92 Å². The first kappa shape index (κ1) is 18.5. The third kappa shape index (κ3) is 2.68. The summed E-state index contributed by atoms with van der Waals surface area (Å²) in [6.45, 7) is 8.49. The maximum Gasteiger partial charge on any atom is 0.302 e. The molecule has 3 fully saturated rings. The number of carbonyl (C=O) groups is 1. The van der Waals surface area contributed by atoms with Crippen LogP contribution in [0.15, 0.2) is 11.6 Å². The van der Waals surface area contributed by atoms with Crippen molar-refractivity contribution in [2.75, 3.05) is 0 Å². The minimum atomic E-state index is -0.175. The van der Waals surface area contributed by atoms with Crippen molar-refractivity contribution in [2.45, 2.75) is 91.3 Å². The molecule has 0 radical (unpaired) electrons. The summed E-state index contributed by atoms with van der Waals surface area (Å²) in [5, 5.41) is 10.3. The lowest BCUT2D eigenvalue weighted by molar-refractivity contribution is -0.148. The summed E-state index contributed by atoms with van der Waals surface area (Å²) in [5.74, 6) is 2.65. The molecule has 0 spiro atoms. The molecule has 0 heterocycles. The standard InChI is InChI=1S/C23H36O3/c1-14(24)19-7-8-20-18-6-5-16-13-17(26-15(2)25)9-11-22(16,3)21(18)10-12-23(19,20)4/h5,14,17-21,24H,6-13H2,1-4H3/t14-,17-,18+,19-,20-,21+,22-,23+/m0/s1. The van der Waals surface area contributed by atoms with Crippen LogP contribution in [0.2, 0.25) is 0 Å². The first-order chi connectivity index (χ1) is 12.3. The van der Waals surface area contributed by atoms with Crippen molar-refractivity contribution in [1.29, 1.82) is 0 Å². The molecule has 0 unspecified atom stereocenters. The Morgan fingerprint density at radius 3 is 2.65 bits per heavy atom. The van der Waals surface area contributed by atoms with Gasteiger partial charge in [-0.25, -0.2) is 0 Å². The number of hydrogen-bond acceptors (Lipinski definition) is 3. The quantitative estimate of drug-likeness (QED) is 0.564. The molecule has 26 heavy (non-hydrogen) atoms. The Labute approximate surface area is 158 Å². The summed E-state index contributed by atoms with van der Waals surface area (Å²) >= 11 is 0. The van der Waals surface area contributed by atoms with Gasteiger partial charge < -0.3 is 9.84 Å². The van der Waals surface area contributed by atoms with Gasteiger partial charge in [-0.15, -0.1) is 0 Å². The van der Waals surface area contributed by atoms with E-state index in [0.717, 1.165) is 37.0 Å². The molecule has 0 saturated heterocycles. The van der Waals surface area contributed by atoms with Crippen LogP contribution in [0.5, 0.6) is 0 Å². The van der Waals surface area contributed by atoms with E-state index in [0.29, 0.717) is 16.7 Å². The van der Waals surface area contributed by atoms with Gasteiger partial charge in [0.25, 0.3) is 0 Å². The van der Waals surface area contributed by atoms with Gasteiger partial charge in [-0.3, -0.25) is 4.79 Å². The fraction of sp³-hybridized carbons (Fsp3) is 0.870. The highest BCUT2D eigenvalue weighted by molar-refractivity contribution is 5.66. The number of aliphatic hydroxyl groups is 1. The predicted octanol–water partition coefficient (Wildman–Crippen LogP) is 4.88. The zero-order valence-electron chi connectivity index (χ0n) is 17.0. The molecule has 0 bridgehead atoms. The molecule has 3 nitrogen and oxygen atoms in total. The van der Waals surface area contributed by atoms with Crippen LogP contribution >= 0.6 is 0 Å². The second kappa shape index (κ2) is 6.36. The lowest BCUT2D eigenvalue weighted by Gasteiger charge is -2.58. The summed E-state index contributed by atoms with van der Waals surface area (Å²) < 4.78 is 5.54. The molecular formula is C23H36O3. The normalized spacial score (nSPS) is 48.7. The SMILES string of the molecule is CC(=O)O[C@H]1CC[C@@]2(C)C(=CC[C@H]3[C@H]2CC[C@@]2(C)[C@H]3CC[C@H]2[C@H](C)O)C1. The van der Waals surface area contributed by atoms with Crippen molar-refractivity contribution in [3.8, 4) is 0 Å². The molecule has 1 N–H and O–H groups in total. The Hall–Kier alpha value is -0.830. The van der Waals surface area contributed by atoms with Gasteiger partial charge in [0.1, 0.15) is 6.10 Å². The number of aliphatic hydroxyl groups excluding tert-OH is 1. The lowest BCUT2D eigenvalue weighted by Crippen LogP contribution is -2.51. The van der Waals surface area contributed by atoms with Gasteiger partial charge in [0, 0.05) is 13.3 Å². The van der Waals surface area contributed by atoms with E-state index in [9.17, 15) is 9.90 Å². The van der Waals surface area contributed by atoms with Gasteiger partial charge in [-0.1, -0.05) is 25.5 Å². The van der Waals surface area contributed by atoms with Gasteiger partial charge >= 0.3 is 5.97 Å². The largest absolute Gasteiger partial charge is 0.462 e. The van der Waals surface area contributed by atoms with Crippen molar-refractivity contribution >= 4 is 5.97 Å². The van der Waals surface area contributed by atoms with Crippen LogP contribution in [0.3, 0.4) is 0 Å². The Morgan fingerprint density at radius 1 is 1.19 bits per heavy atom. The topological polar surface area (TPSA) is 46.5 Å². The Balaban J connectivity index is 1.58. The molecule has 0 aliphatic heterocycles. The summed E-state index contributed by atoms with van der Waals surface area (Å²) in [4.78, 5) is 11.4. The molecule has 8 atom stereocenters. The molecule has 0 aromatic heterocycles. The predicted molar refractivity (Wildman–Crippen MR) is 102 cm³/mol. The maximum atomic E-state index is 11.4. The third-order valence-corrected chi connectivity index (χ3v) is 9.05. The highest BCUT2D eigenvalue weighted by atomic mass is 16.5. The number of rotatable bonds is 2. The van der Waals surface area contributed by atoms with Crippen LogP contribution in [0, 0.1) is 34.5 Å². The van der Waals surface area contributed by atoms with Crippen molar-refractivity contribution in [3.63, 3.8) is 0 Å². The summed E-state index contributed by atoms with van der Waals surface area (Å²) in [7, 11) is 0. The van der Waals surface area contributed by atoms with Crippen LogP contribution in [-0.2, 0) is 9.53 Å². The minimum Gasteiger partial charge on any atom is -0.462 e. The molecule has 0 aromatic rings. The smallest absolute Gasteiger partial charge is 0.302 e. The molecule has 4 aliphatic rings. The summed E-state index contributed by atoms with van der Waals surface area (Å²) in [6, 6.07) is 0. The van der Waals surface area contributed by atoms with Crippen LogP contribution in [-0.4, -0.2) is 23.3 Å². The van der Waals surface area contributed by atoms with Gasteiger partial charge in [0.15, 0.2) is 0 Å². The fourth-order valence-electron chi connectivity index (χ4n) is 7.80. The van der Waals surface area contributed by atoms with Crippen molar-refractivity contribution in [3.05, 3.63) is 11.6 Å². The summed E-state index contributed by atoms with van der Waals surface area (Å²) in [5.41, 5.74) is 2.18. The molecule has 146 valence electrons. The number of fused-ring (bicyclic) bond motifs is 5. The Morgan fingerprint density at radius 2 is 1.96 bits per heavy atom. The van der Waals surface area contributed by atoms with E-state index in [1.54, 1.807) is 5.57 Å². The molecule has 0 amide bonds. The minimum absolute atomic E-state index is 0.0864. The first-order valence-corrected chi connectivity index (χ1v) is 10.8. The second-order valence-corrected chi connectivity index (χ2v) is 10.2. The van der Waals surface area contributed by atoms with Gasteiger partial charge in [-0.05, 0) is 86.4 Å². The highest BCUT2D eigenvalue weighted by Gasteiger charge is 2.59. The van der Waals surface area contributed by atoms with Gasteiger partial charge in [-0.2, -0.15) is 0 Å². The maximum absolute atomic E-state index is 11.4. The molecule has 3 heteroatoms. The van der Waals surface area contributed by atoms with Crippen LogP contribution in [0.1, 0.15) is 79.1 Å². The van der Waals surface area contributed by atoms with Gasteiger partial charge in [0.05, 0.1) is 6.10 Å². The Kier molecular flexibility index (Phi) is 4.53. The van der Waals surface area contributed by atoms with E-state index in [2.05, 4.69) is 19.9 Å². The number of allylic oxidation sites excluding steroid dienone is 1. The molecule has 0 aromatic carbocycles. The molecule has 4 aliphatic carbocycles. The average Bonchev–Trinajstić information content (AvgIpc) is 2.92. The van der Waals surface area contributed by atoms with E-state index >= 15 is 0 Å². The van der Waals surface area contributed by atoms with E-state index in [1.165, 1.54) is 39.0 Å². The zero-order chi connectivity index (χ0) is 18.7. The van der Waals surface area contributed by atoms with Crippen molar-refractivity contribution in [1.82, 2.24) is 0 Å². The third-order valence-electron chi connectivity index (χ3n) is 9.05. The van der Waals surface area contributed by atoms with E-state index in [-0.39, 0.29) is 18.2 Å². The number of esters is 1. The Bertz CT molecular complexity index is 609. The molecule has 3 saturated carbocycles. The number of carbonyl (C=O) groups excluding carboxylic acids is 1. The monoisotopic (exact) mass is 360 g/mol. The molecule has 4 rings (SSSR count). The highest BCUT2D eigenvalue weighted by Crippen LogP contribution is 2.66. The van der Waals surface area contributed by atoms with E-state index < -0.39 is 0 Å². The van der Waals surface area contributed by atoms with Crippen LogP contribution in [0.25, 0.3) is 0 Å². The molecular weight excluding hydrogens is 324 g/mol. The number of ether oxygens (including phenoxy) is 1. The van der Waals surface area contributed by atoms with Gasteiger partial charge in [0.2, 0.25) is 0 Å². The van der Waals surface area contributed by atoms with Crippen LogP contribution < -0.4 is 0 Å². The van der Waals surface area contributed by atoms with Crippen LogP contribution in [0.4, 0.5) is 0 Å². The first-order valence-electron chi connectivity index (χ1n) is 10.8.